The fourth-order valence-corrected chi connectivity index (χ4v) is 3.43. The molecule has 1 aliphatic carbocycles. The number of nitrogens with one attached hydrogen (secondary N) is 1. The number of nitrogens with zero attached hydrogens (tertiary/aromatic N) is 1. The molecule has 3 atom stereocenters. The number of morpholine rings is 1. The second-order valence-corrected chi connectivity index (χ2v) is 6.29. The van der Waals surface area contributed by atoms with Gasteiger partial charge in [0, 0.05) is 12.6 Å². The molecule has 20 heavy (non-hydrogen) atoms. The van der Waals surface area contributed by atoms with Gasteiger partial charge in [-0.05, 0) is 46.2 Å². The standard InChI is InChI=1S/C15H28N2O3/c1-15(16-2,14(18)19)8-5-9-17-10-11-20-13-7-4-3-6-12(13)17/h12-13,16H,3-11H2,1-2H3,(H,18,19). The van der Waals surface area contributed by atoms with E-state index in [1.807, 2.05) is 0 Å². The molecule has 1 aliphatic heterocycles. The van der Waals surface area contributed by atoms with E-state index in [0.717, 1.165) is 26.1 Å². The Bertz CT molecular complexity index is 335. The van der Waals surface area contributed by atoms with Gasteiger partial charge in [-0.15, -0.1) is 0 Å². The van der Waals surface area contributed by atoms with Crippen LogP contribution < -0.4 is 5.32 Å². The molecule has 0 radical (unpaired) electrons. The van der Waals surface area contributed by atoms with Gasteiger partial charge in [0.25, 0.3) is 0 Å². The minimum atomic E-state index is -0.807. The summed E-state index contributed by atoms with van der Waals surface area (Å²) in [4.78, 5) is 13.8. The zero-order chi connectivity index (χ0) is 14.6. The third-order valence-corrected chi connectivity index (χ3v) is 4.99. The number of carboxylic acid groups (broad SMARTS) is 1. The van der Waals surface area contributed by atoms with Crippen molar-refractivity contribution < 1.29 is 14.6 Å². The maximum Gasteiger partial charge on any atom is 0.323 e. The molecule has 2 fully saturated rings. The third-order valence-electron chi connectivity index (χ3n) is 4.99. The van der Waals surface area contributed by atoms with Gasteiger partial charge in [-0.3, -0.25) is 9.69 Å². The lowest BCUT2D eigenvalue weighted by molar-refractivity contribution is -0.144. The highest BCUT2D eigenvalue weighted by molar-refractivity contribution is 5.78. The minimum absolute atomic E-state index is 0.410. The largest absolute Gasteiger partial charge is 0.480 e. The molecule has 2 aliphatic rings. The van der Waals surface area contributed by atoms with Gasteiger partial charge >= 0.3 is 5.97 Å². The first-order valence-electron chi connectivity index (χ1n) is 7.85. The monoisotopic (exact) mass is 284 g/mol. The van der Waals surface area contributed by atoms with Gasteiger partial charge < -0.3 is 15.2 Å². The number of hydrogen-bond acceptors (Lipinski definition) is 4. The SMILES string of the molecule is CNC(C)(CCCN1CCOC2CCCCC21)C(=O)O. The molecule has 0 amide bonds. The number of ether oxygens (including phenoxy) is 1. The van der Waals surface area contributed by atoms with Gasteiger partial charge in [0.2, 0.25) is 0 Å². The summed E-state index contributed by atoms with van der Waals surface area (Å²) in [6.45, 7) is 4.56. The summed E-state index contributed by atoms with van der Waals surface area (Å²) >= 11 is 0. The molecule has 3 unspecified atom stereocenters. The van der Waals surface area contributed by atoms with E-state index in [2.05, 4.69) is 10.2 Å². The molecule has 1 saturated carbocycles. The summed E-state index contributed by atoms with van der Waals surface area (Å²) in [5, 5.41) is 12.2. The highest BCUT2D eigenvalue weighted by Gasteiger charge is 2.35. The molecule has 5 heteroatoms. The number of aliphatic carboxylic acids is 1. The number of fused-ring (bicyclic) bond motifs is 1. The summed E-state index contributed by atoms with van der Waals surface area (Å²) in [5.41, 5.74) is -0.807. The van der Waals surface area contributed by atoms with Gasteiger partial charge in [0.15, 0.2) is 0 Å². The van der Waals surface area contributed by atoms with E-state index in [0.29, 0.717) is 18.6 Å². The van der Waals surface area contributed by atoms with Crippen molar-refractivity contribution in [2.45, 2.75) is 63.1 Å². The first-order valence-corrected chi connectivity index (χ1v) is 7.85. The van der Waals surface area contributed by atoms with Crippen molar-refractivity contribution in [1.29, 1.82) is 0 Å². The first kappa shape index (κ1) is 15.7. The van der Waals surface area contributed by atoms with Crippen LogP contribution >= 0.6 is 0 Å². The van der Waals surface area contributed by atoms with Crippen molar-refractivity contribution >= 4 is 5.97 Å². The normalized spacial score (nSPS) is 30.5. The average molecular weight is 284 g/mol. The molecule has 0 aromatic rings. The van der Waals surface area contributed by atoms with Crippen LogP contribution in [-0.4, -0.2) is 60.4 Å². The number of carboxylic acids is 1. The first-order chi connectivity index (χ1) is 9.57. The van der Waals surface area contributed by atoms with Crippen molar-refractivity contribution in [1.82, 2.24) is 10.2 Å². The highest BCUT2D eigenvalue weighted by Crippen LogP contribution is 2.28. The molecule has 1 saturated heterocycles. The van der Waals surface area contributed by atoms with E-state index >= 15 is 0 Å². The predicted molar refractivity (Wildman–Crippen MR) is 77.9 cm³/mol. The van der Waals surface area contributed by atoms with Crippen molar-refractivity contribution in [3.63, 3.8) is 0 Å². The van der Waals surface area contributed by atoms with Crippen LogP contribution in [0.4, 0.5) is 0 Å². The van der Waals surface area contributed by atoms with Gasteiger partial charge in [-0.2, -0.15) is 0 Å². The Kier molecular flexibility index (Phi) is 5.41. The number of rotatable bonds is 6. The Hall–Kier alpha value is -0.650. The Morgan fingerprint density at radius 1 is 1.45 bits per heavy atom. The van der Waals surface area contributed by atoms with Gasteiger partial charge in [-0.1, -0.05) is 12.8 Å². The van der Waals surface area contributed by atoms with Gasteiger partial charge in [0.05, 0.1) is 12.7 Å². The zero-order valence-electron chi connectivity index (χ0n) is 12.7. The number of carbonyl (C=O) groups is 1. The van der Waals surface area contributed by atoms with Gasteiger partial charge in [0.1, 0.15) is 5.54 Å². The number of likely N-dealkylation sites (N-methyl/N-ethyl adjacent to an activating group) is 1. The third kappa shape index (κ3) is 3.51. The van der Waals surface area contributed by atoms with Crippen LogP contribution in [0.5, 0.6) is 0 Å². The van der Waals surface area contributed by atoms with E-state index in [1.54, 1.807) is 14.0 Å². The van der Waals surface area contributed by atoms with E-state index in [9.17, 15) is 9.90 Å². The zero-order valence-corrected chi connectivity index (χ0v) is 12.7. The Labute approximate surface area is 121 Å². The lowest BCUT2D eigenvalue weighted by Crippen LogP contribution is -2.53. The molecule has 2 rings (SSSR count). The molecule has 0 aromatic heterocycles. The molecule has 0 bridgehead atoms. The summed E-state index contributed by atoms with van der Waals surface area (Å²) in [5.74, 6) is -0.766. The Morgan fingerprint density at radius 3 is 2.90 bits per heavy atom. The summed E-state index contributed by atoms with van der Waals surface area (Å²) in [6.07, 6.45) is 6.97. The number of hydrogen-bond donors (Lipinski definition) is 2. The summed E-state index contributed by atoms with van der Waals surface area (Å²) in [6, 6.07) is 0.558. The molecular formula is C15H28N2O3. The Morgan fingerprint density at radius 2 is 2.20 bits per heavy atom. The summed E-state index contributed by atoms with van der Waals surface area (Å²) in [7, 11) is 1.72. The maximum atomic E-state index is 11.3. The van der Waals surface area contributed by atoms with Crippen LogP contribution in [0, 0.1) is 0 Å². The lowest BCUT2D eigenvalue weighted by atomic mass is 9.89. The second-order valence-electron chi connectivity index (χ2n) is 6.29. The van der Waals surface area contributed by atoms with Gasteiger partial charge in [-0.25, -0.2) is 0 Å². The molecule has 2 N–H and O–H groups in total. The van der Waals surface area contributed by atoms with E-state index in [1.165, 1.54) is 25.7 Å². The molecular weight excluding hydrogens is 256 g/mol. The molecule has 116 valence electrons. The topological polar surface area (TPSA) is 61.8 Å². The lowest BCUT2D eigenvalue weighted by Gasteiger charge is -2.44. The van der Waals surface area contributed by atoms with E-state index in [4.69, 9.17) is 4.74 Å². The van der Waals surface area contributed by atoms with Crippen molar-refractivity contribution in [3.8, 4) is 0 Å². The fraction of sp³-hybridized carbons (Fsp3) is 0.933. The van der Waals surface area contributed by atoms with Crippen molar-refractivity contribution in [2.75, 3.05) is 26.7 Å². The quantitative estimate of drug-likeness (QED) is 0.773. The molecule has 0 spiro atoms. The molecule has 5 nitrogen and oxygen atoms in total. The minimum Gasteiger partial charge on any atom is -0.480 e. The highest BCUT2D eigenvalue weighted by atomic mass is 16.5. The van der Waals surface area contributed by atoms with Crippen molar-refractivity contribution in [3.05, 3.63) is 0 Å². The maximum absolute atomic E-state index is 11.3. The Balaban J connectivity index is 1.82. The van der Waals surface area contributed by atoms with E-state index < -0.39 is 11.5 Å². The molecule has 1 heterocycles. The predicted octanol–water partition coefficient (Wildman–Crippen LogP) is 1.47. The van der Waals surface area contributed by atoms with Crippen molar-refractivity contribution in [2.24, 2.45) is 0 Å². The van der Waals surface area contributed by atoms with Crippen LogP contribution in [0.25, 0.3) is 0 Å². The van der Waals surface area contributed by atoms with Crippen LogP contribution in [0.15, 0.2) is 0 Å². The molecule has 0 aromatic carbocycles. The second kappa shape index (κ2) is 6.87. The summed E-state index contributed by atoms with van der Waals surface area (Å²) < 4.78 is 5.87. The average Bonchev–Trinajstić information content (AvgIpc) is 2.47. The van der Waals surface area contributed by atoms with Crippen LogP contribution in [0.1, 0.15) is 45.4 Å². The van der Waals surface area contributed by atoms with Crippen LogP contribution in [-0.2, 0) is 9.53 Å². The van der Waals surface area contributed by atoms with Crippen LogP contribution in [0.3, 0.4) is 0 Å². The smallest absolute Gasteiger partial charge is 0.323 e. The fourth-order valence-electron chi connectivity index (χ4n) is 3.43. The van der Waals surface area contributed by atoms with Crippen LogP contribution in [0.2, 0.25) is 0 Å². The van der Waals surface area contributed by atoms with E-state index in [-0.39, 0.29) is 0 Å².